The molecule has 5 aromatic rings. The van der Waals surface area contributed by atoms with Gasteiger partial charge >= 0.3 is 0 Å². The Morgan fingerprint density at radius 2 is 1.76 bits per heavy atom. The molecule has 166 valence electrons. The zero-order valence-electron chi connectivity index (χ0n) is 19.7. The third-order valence-corrected chi connectivity index (χ3v) is 7.69. The molecule has 34 heavy (non-hydrogen) atoms. The molecule has 2 heteroatoms. The van der Waals surface area contributed by atoms with Crippen molar-refractivity contribution >= 4 is 34.0 Å². The highest BCUT2D eigenvalue weighted by Crippen LogP contribution is 2.43. The molecule has 0 saturated heterocycles. The fourth-order valence-electron chi connectivity index (χ4n) is 6.09. The molecule has 2 aromatic heterocycles. The Bertz CT molecular complexity index is 1620. The molecular weight excluding hydrogens is 412 g/mol. The van der Waals surface area contributed by atoms with Crippen LogP contribution in [-0.4, -0.2) is 9.55 Å². The van der Waals surface area contributed by atoms with Gasteiger partial charge in [0.15, 0.2) is 0 Å². The van der Waals surface area contributed by atoms with Gasteiger partial charge in [0, 0.05) is 38.8 Å². The number of para-hydroxylation sites is 2. The van der Waals surface area contributed by atoms with Crippen molar-refractivity contribution in [3.8, 4) is 16.8 Å². The van der Waals surface area contributed by atoms with Gasteiger partial charge in [0.1, 0.15) is 0 Å². The number of nitrogens with zero attached hydrogens (tertiary/aromatic N) is 1. The lowest BCUT2D eigenvalue weighted by Gasteiger charge is -2.16. The number of nitrogens with one attached hydrogen (secondary N) is 1. The van der Waals surface area contributed by atoms with Crippen LogP contribution in [0.1, 0.15) is 48.7 Å². The van der Waals surface area contributed by atoms with Gasteiger partial charge in [-0.25, -0.2) is 0 Å². The second kappa shape index (κ2) is 7.36. The number of fused-ring (bicyclic) bond motifs is 6. The Morgan fingerprint density at radius 3 is 2.65 bits per heavy atom. The minimum absolute atomic E-state index is 0.508. The number of hydrogen-bond acceptors (Lipinski definition) is 0. The first-order valence-electron chi connectivity index (χ1n) is 12.4. The van der Waals surface area contributed by atoms with Crippen LogP contribution in [0.25, 0.3) is 50.8 Å². The van der Waals surface area contributed by atoms with Crippen LogP contribution in [0.2, 0.25) is 0 Å². The van der Waals surface area contributed by atoms with E-state index in [-0.39, 0.29) is 0 Å². The summed E-state index contributed by atoms with van der Waals surface area (Å²) in [5.41, 5.74) is 11.8. The second-order valence-corrected chi connectivity index (χ2v) is 10.0. The fraction of sp³-hybridized carbons (Fsp3) is 0.188. The Morgan fingerprint density at radius 1 is 0.882 bits per heavy atom. The predicted octanol–water partition coefficient (Wildman–Crippen LogP) is 8.50. The Labute approximate surface area is 200 Å². The van der Waals surface area contributed by atoms with Gasteiger partial charge in [-0.05, 0) is 60.1 Å². The quantitative estimate of drug-likeness (QED) is 0.284. The summed E-state index contributed by atoms with van der Waals surface area (Å²) in [6, 6.07) is 24.6. The zero-order valence-corrected chi connectivity index (χ0v) is 19.7. The van der Waals surface area contributed by atoms with Crippen molar-refractivity contribution in [1.29, 1.82) is 0 Å². The minimum Gasteiger partial charge on any atom is -0.358 e. The van der Waals surface area contributed by atoms with Gasteiger partial charge in [-0.2, -0.15) is 0 Å². The summed E-state index contributed by atoms with van der Waals surface area (Å²) in [5, 5.41) is 2.69. The zero-order chi connectivity index (χ0) is 22.8. The van der Waals surface area contributed by atoms with Crippen LogP contribution < -0.4 is 0 Å². The highest BCUT2D eigenvalue weighted by Gasteiger charge is 2.25. The van der Waals surface area contributed by atoms with E-state index in [0.29, 0.717) is 11.8 Å². The van der Waals surface area contributed by atoms with Crippen molar-refractivity contribution < 1.29 is 0 Å². The molecule has 0 spiro atoms. The van der Waals surface area contributed by atoms with Crippen LogP contribution >= 0.6 is 0 Å². The van der Waals surface area contributed by atoms with Crippen molar-refractivity contribution in [1.82, 2.24) is 9.55 Å². The third-order valence-electron chi connectivity index (χ3n) is 7.69. The molecule has 0 radical (unpaired) electrons. The van der Waals surface area contributed by atoms with Gasteiger partial charge in [-0.1, -0.05) is 80.6 Å². The number of hydrogen-bond donors (Lipinski definition) is 1. The maximum absolute atomic E-state index is 3.74. The molecule has 2 heterocycles. The molecule has 0 aliphatic heterocycles. The summed E-state index contributed by atoms with van der Waals surface area (Å²) in [7, 11) is 0. The normalized spacial score (nSPS) is 19.0. The number of benzene rings is 3. The monoisotopic (exact) mass is 440 g/mol. The van der Waals surface area contributed by atoms with E-state index in [1.807, 2.05) is 0 Å². The fourth-order valence-corrected chi connectivity index (χ4v) is 6.09. The van der Waals surface area contributed by atoms with Gasteiger partial charge in [-0.15, -0.1) is 0 Å². The summed E-state index contributed by atoms with van der Waals surface area (Å²) in [6.07, 6.45) is 11.5. The molecular formula is C32H28N2. The number of allylic oxidation sites excluding steroid dienone is 2. The van der Waals surface area contributed by atoms with Gasteiger partial charge < -0.3 is 9.55 Å². The lowest BCUT2D eigenvalue weighted by atomic mass is 9.90. The topological polar surface area (TPSA) is 20.7 Å². The van der Waals surface area contributed by atoms with E-state index in [9.17, 15) is 0 Å². The van der Waals surface area contributed by atoms with Gasteiger partial charge in [0.2, 0.25) is 0 Å². The lowest BCUT2D eigenvalue weighted by molar-refractivity contribution is 0.705. The summed E-state index contributed by atoms with van der Waals surface area (Å²) in [5.74, 6) is 1.10. The van der Waals surface area contributed by atoms with Crippen LogP contribution in [0.4, 0.5) is 0 Å². The molecule has 0 fully saturated rings. The molecule has 7 rings (SSSR count). The Kier molecular flexibility index (Phi) is 4.26. The number of rotatable bonds is 2. The number of H-pyrrole nitrogens is 1. The highest BCUT2D eigenvalue weighted by atomic mass is 15.0. The summed E-state index contributed by atoms with van der Waals surface area (Å²) >= 11 is 0. The van der Waals surface area contributed by atoms with Crippen molar-refractivity contribution in [2.45, 2.75) is 32.6 Å². The Hall–Kier alpha value is -3.78. The van der Waals surface area contributed by atoms with Crippen molar-refractivity contribution in [2.24, 2.45) is 5.92 Å². The predicted molar refractivity (Wildman–Crippen MR) is 145 cm³/mol. The van der Waals surface area contributed by atoms with Crippen LogP contribution in [-0.2, 0) is 6.42 Å². The largest absolute Gasteiger partial charge is 0.358 e. The van der Waals surface area contributed by atoms with Crippen LogP contribution in [0.15, 0.2) is 78.9 Å². The molecule has 0 saturated carbocycles. The van der Waals surface area contributed by atoms with E-state index in [2.05, 4.69) is 114 Å². The minimum atomic E-state index is 0.508. The van der Waals surface area contributed by atoms with Crippen molar-refractivity contribution in [2.75, 3.05) is 0 Å². The van der Waals surface area contributed by atoms with Gasteiger partial charge in [0.25, 0.3) is 0 Å². The van der Waals surface area contributed by atoms with E-state index in [1.165, 1.54) is 61.1 Å². The molecule has 2 aliphatic carbocycles. The maximum Gasteiger partial charge on any atom is 0.0616 e. The molecule has 3 aromatic carbocycles. The first-order chi connectivity index (χ1) is 16.7. The van der Waals surface area contributed by atoms with Crippen LogP contribution in [0.3, 0.4) is 0 Å². The first kappa shape index (κ1) is 19.7. The number of aromatic amines is 1. The molecule has 0 amide bonds. The summed E-state index contributed by atoms with van der Waals surface area (Å²) < 4.78 is 2.47. The molecule has 2 unspecified atom stereocenters. The van der Waals surface area contributed by atoms with Crippen molar-refractivity contribution in [3.63, 3.8) is 0 Å². The average Bonchev–Trinajstić information content (AvgIpc) is 3.39. The third kappa shape index (κ3) is 2.81. The Balaban J connectivity index is 1.51. The molecule has 2 atom stereocenters. The first-order valence-corrected chi connectivity index (χ1v) is 12.4. The maximum atomic E-state index is 3.74. The summed E-state index contributed by atoms with van der Waals surface area (Å²) in [6.45, 7) is 4.64. The number of aromatic nitrogens is 2. The van der Waals surface area contributed by atoms with E-state index >= 15 is 0 Å². The van der Waals surface area contributed by atoms with Gasteiger partial charge in [0.05, 0.1) is 11.2 Å². The van der Waals surface area contributed by atoms with Gasteiger partial charge in [-0.3, -0.25) is 0 Å². The van der Waals surface area contributed by atoms with E-state index in [0.717, 1.165) is 12.8 Å². The van der Waals surface area contributed by atoms with Crippen molar-refractivity contribution in [3.05, 3.63) is 101 Å². The highest BCUT2D eigenvalue weighted by molar-refractivity contribution is 6.03. The van der Waals surface area contributed by atoms with E-state index in [4.69, 9.17) is 0 Å². The molecule has 0 bridgehead atoms. The second-order valence-electron chi connectivity index (χ2n) is 10.0. The molecule has 2 nitrogen and oxygen atoms in total. The molecule has 2 aliphatic rings. The SMILES string of the molecule is CC1C=Cc2c([nH]c3cc(-c4cccc5c6c(n(-c7ccccc7)c45)C=CCC6C)ccc23)C1. The van der Waals surface area contributed by atoms with E-state index in [1.54, 1.807) is 0 Å². The smallest absolute Gasteiger partial charge is 0.0616 e. The van der Waals surface area contributed by atoms with E-state index < -0.39 is 0 Å². The lowest BCUT2D eigenvalue weighted by Crippen LogP contribution is -2.03. The average molecular weight is 441 g/mol. The van der Waals surface area contributed by atoms with Crippen LogP contribution in [0.5, 0.6) is 0 Å². The molecule has 1 N–H and O–H groups in total. The summed E-state index contributed by atoms with van der Waals surface area (Å²) in [4.78, 5) is 3.74. The standard InChI is InChI=1S/C32H28N2/c1-20-14-16-25-26-17-15-22(19-29(26)33-28(25)18-20)24-11-7-12-27-31-21(2)8-6-13-30(31)34(32(24)27)23-9-4-3-5-10-23/h3-7,9-17,19-21,33H,8,18H2,1-2H3. The van der Waals surface area contributed by atoms with Crippen LogP contribution in [0, 0.1) is 5.92 Å².